The van der Waals surface area contributed by atoms with Gasteiger partial charge in [0, 0.05) is 5.56 Å². The summed E-state index contributed by atoms with van der Waals surface area (Å²) < 4.78 is 66.6. The summed E-state index contributed by atoms with van der Waals surface area (Å²) in [5.74, 6) is -3.80. The summed E-state index contributed by atoms with van der Waals surface area (Å²) >= 11 is 11.9. The SMILES string of the molecule is Fc1c(-c2c(Cl)nc3ncnn3c2Cl)ccc(C(F)(F)F)c1F. The van der Waals surface area contributed by atoms with Crippen molar-refractivity contribution in [2.45, 2.75) is 6.18 Å². The number of fused-ring (bicyclic) bond motifs is 1. The predicted octanol–water partition coefficient (Wildman–Crippen LogP) is 4.40. The lowest BCUT2D eigenvalue weighted by atomic mass is 10.0. The first-order chi connectivity index (χ1) is 10.7. The summed E-state index contributed by atoms with van der Waals surface area (Å²) in [5.41, 5.74) is -2.60. The molecule has 2 heterocycles. The summed E-state index contributed by atoms with van der Waals surface area (Å²) in [5, 5.41) is 3.09. The van der Waals surface area contributed by atoms with E-state index in [0.29, 0.717) is 6.07 Å². The Morgan fingerprint density at radius 1 is 1.04 bits per heavy atom. The van der Waals surface area contributed by atoms with E-state index in [-0.39, 0.29) is 21.6 Å². The minimum absolute atomic E-state index is 0.00320. The molecule has 0 radical (unpaired) electrons. The standard InChI is InChI=1S/C12H3Cl2F5N4/c13-9-6(10(14)23-11(22-9)20-3-21-23)4-1-2-5(12(17,18)19)8(16)7(4)15/h1-3H. The number of hydrogen-bond donors (Lipinski definition) is 0. The lowest BCUT2D eigenvalue weighted by Crippen LogP contribution is -2.10. The summed E-state index contributed by atoms with van der Waals surface area (Å²) in [6.45, 7) is 0. The van der Waals surface area contributed by atoms with Crippen molar-refractivity contribution in [3.05, 3.63) is 46.0 Å². The van der Waals surface area contributed by atoms with Gasteiger partial charge in [0.25, 0.3) is 5.78 Å². The molecule has 0 aliphatic heterocycles. The molecule has 120 valence electrons. The van der Waals surface area contributed by atoms with E-state index in [2.05, 4.69) is 15.1 Å². The van der Waals surface area contributed by atoms with Gasteiger partial charge in [-0.2, -0.15) is 32.8 Å². The Hall–Kier alpha value is -2.00. The number of halogens is 7. The van der Waals surface area contributed by atoms with Gasteiger partial charge in [-0.15, -0.1) is 0 Å². The summed E-state index contributed by atoms with van der Waals surface area (Å²) in [6, 6.07) is 1.12. The normalized spacial score (nSPS) is 12.1. The maximum atomic E-state index is 14.1. The van der Waals surface area contributed by atoms with Crippen molar-refractivity contribution in [1.29, 1.82) is 0 Å². The summed E-state index contributed by atoms with van der Waals surface area (Å²) in [4.78, 5) is 7.49. The van der Waals surface area contributed by atoms with E-state index in [1.807, 2.05) is 0 Å². The summed E-state index contributed by atoms with van der Waals surface area (Å²) in [6.07, 6.45) is -3.94. The third kappa shape index (κ3) is 2.49. The van der Waals surface area contributed by atoms with Crippen LogP contribution in [-0.2, 0) is 6.18 Å². The largest absolute Gasteiger partial charge is 0.419 e. The Morgan fingerprint density at radius 2 is 1.74 bits per heavy atom. The van der Waals surface area contributed by atoms with Gasteiger partial charge in [0.1, 0.15) is 16.6 Å². The highest BCUT2D eigenvalue weighted by Gasteiger charge is 2.36. The molecule has 0 N–H and O–H groups in total. The molecule has 11 heteroatoms. The van der Waals surface area contributed by atoms with Gasteiger partial charge in [-0.3, -0.25) is 0 Å². The van der Waals surface area contributed by atoms with Crippen LogP contribution in [0, 0.1) is 11.6 Å². The molecule has 1 aromatic carbocycles. The fraction of sp³-hybridized carbons (Fsp3) is 0.0833. The zero-order valence-corrected chi connectivity index (χ0v) is 12.2. The second-order valence-corrected chi connectivity index (χ2v) is 5.04. The lowest BCUT2D eigenvalue weighted by Gasteiger charge is -2.13. The fourth-order valence-electron chi connectivity index (χ4n) is 1.97. The highest BCUT2D eigenvalue weighted by molar-refractivity contribution is 6.38. The Balaban J connectivity index is 2.30. The molecule has 0 spiro atoms. The van der Waals surface area contributed by atoms with Crippen molar-refractivity contribution in [3.8, 4) is 11.1 Å². The second-order valence-electron chi connectivity index (χ2n) is 4.33. The molecular weight excluding hydrogens is 366 g/mol. The van der Waals surface area contributed by atoms with Crippen LogP contribution in [0.4, 0.5) is 22.0 Å². The molecule has 0 unspecified atom stereocenters. The highest BCUT2D eigenvalue weighted by Crippen LogP contribution is 2.39. The monoisotopic (exact) mass is 368 g/mol. The zero-order chi connectivity index (χ0) is 16.9. The van der Waals surface area contributed by atoms with Crippen LogP contribution in [0.15, 0.2) is 18.5 Å². The third-order valence-corrected chi connectivity index (χ3v) is 3.61. The second kappa shape index (κ2) is 5.27. The predicted molar refractivity (Wildman–Crippen MR) is 71.2 cm³/mol. The quantitative estimate of drug-likeness (QED) is 0.472. The lowest BCUT2D eigenvalue weighted by molar-refractivity contribution is -0.140. The molecule has 3 aromatic rings. The minimum Gasteiger partial charge on any atom is -0.203 e. The van der Waals surface area contributed by atoms with Gasteiger partial charge in [0.05, 0.1) is 11.1 Å². The van der Waals surface area contributed by atoms with E-state index in [1.165, 1.54) is 0 Å². The molecular formula is C12H3Cl2F5N4. The topological polar surface area (TPSA) is 43.1 Å². The maximum absolute atomic E-state index is 14.1. The minimum atomic E-state index is -5.04. The molecule has 2 aromatic heterocycles. The number of aromatic nitrogens is 4. The average Bonchev–Trinajstić information content (AvgIpc) is 2.90. The van der Waals surface area contributed by atoms with Crippen LogP contribution in [0.2, 0.25) is 10.3 Å². The van der Waals surface area contributed by atoms with Gasteiger partial charge in [0.15, 0.2) is 11.6 Å². The Morgan fingerprint density at radius 3 is 2.39 bits per heavy atom. The molecule has 0 atom stereocenters. The Bertz CT molecular complexity index is 922. The van der Waals surface area contributed by atoms with E-state index < -0.39 is 28.9 Å². The van der Waals surface area contributed by atoms with Crippen LogP contribution >= 0.6 is 23.2 Å². The van der Waals surface area contributed by atoms with Crippen molar-refractivity contribution in [1.82, 2.24) is 19.6 Å². The molecule has 0 amide bonds. The maximum Gasteiger partial charge on any atom is 0.419 e. The Labute approximate surface area is 134 Å². The van der Waals surface area contributed by atoms with E-state index in [1.54, 1.807) is 0 Å². The van der Waals surface area contributed by atoms with Crippen LogP contribution in [0.25, 0.3) is 16.9 Å². The first-order valence-corrected chi connectivity index (χ1v) is 6.57. The smallest absolute Gasteiger partial charge is 0.203 e. The molecule has 0 aliphatic rings. The number of alkyl halides is 3. The van der Waals surface area contributed by atoms with E-state index >= 15 is 0 Å². The van der Waals surface area contributed by atoms with Gasteiger partial charge >= 0.3 is 6.18 Å². The number of hydrogen-bond acceptors (Lipinski definition) is 3. The molecule has 0 bridgehead atoms. The molecule has 0 fully saturated rings. The first-order valence-electron chi connectivity index (χ1n) is 5.82. The average molecular weight is 369 g/mol. The number of nitrogens with zero attached hydrogens (tertiary/aromatic N) is 4. The highest BCUT2D eigenvalue weighted by atomic mass is 35.5. The summed E-state index contributed by atoms with van der Waals surface area (Å²) in [7, 11) is 0. The van der Waals surface area contributed by atoms with Crippen LogP contribution in [0.5, 0.6) is 0 Å². The fourth-order valence-corrected chi connectivity index (χ4v) is 2.59. The first kappa shape index (κ1) is 15.9. The molecule has 23 heavy (non-hydrogen) atoms. The molecule has 0 saturated heterocycles. The van der Waals surface area contributed by atoms with E-state index in [4.69, 9.17) is 23.2 Å². The van der Waals surface area contributed by atoms with Crippen molar-refractivity contribution in [2.75, 3.05) is 0 Å². The van der Waals surface area contributed by atoms with E-state index in [9.17, 15) is 22.0 Å². The Kier molecular flexibility index (Phi) is 3.64. The van der Waals surface area contributed by atoms with Crippen LogP contribution in [0.3, 0.4) is 0 Å². The van der Waals surface area contributed by atoms with Gasteiger partial charge in [-0.25, -0.2) is 8.78 Å². The molecule has 3 rings (SSSR count). The van der Waals surface area contributed by atoms with Crippen LogP contribution in [-0.4, -0.2) is 19.6 Å². The number of rotatable bonds is 1. The molecule has 0 saturated carbocycles. The van der Waals surface area contributed by atoms with Crippen molar-refractivity contribution >= 4 is 29.0 Å². The van der Waals surface area contributed by atoms with E-state index in [0.717, 1.165) is 16.9 Å². The zero-order valence-electron chi connectivity index (χ0n) is 10.7. The van der Waals surface area contributed by atoms with Crippen LogP contribution in [0.1, 0.15) is 5.56 Å². The van der Waals surface area contributed by atoms with Crippen molar-refractivity contribution < 1.29 is 22.0 Å². The van der Waals surface area contributed by atoms with Crippen molar-refractivity contribution in [3.63, 3.8) is 0 Å². The van der Waals surface area contributed by atoms with Crippen molar-refractivity contribution in [2.24, 2.45) is 0 Å². The van der Waals surface area contributed by atoms with Gasteiger partial charge in [-0.1, -0.05) is 29.3 Å². The third-order valence-electron chi connectivity index (χ3n) is 2.98. The van der Waals surface area contributed by atoms with Crippen LogP contribution < -0.4 is 0 Å². The van der Waals surface area contributed by atoms with Gasteiger partial charge < -0.3 is 0 Å². The number of benzene rings is 1. The molecule has 4 nitrogen and oxygen atoms in total. The van der Waals surface area contributed by atoms with Gasteiger partial charge in [-0.05, 0) is 6.07 Å². The van der Waals surface area contributed by atoms with Gasteiger partial charge in [0.2, 0.25) is 0 Å². The molecule has 0 aliphatic carbocycles.